The molecule has 0 aliphatic carbocycles. The van der Waals surface area contributed by atoms with E-state index in [2.05, 4.69) is 12.6 Å². The van der Waals surface area contributed by atoms with Gasteiger partial charge in [0.15, 0.2) is 0 Å². The zero-order chi connectivity index (χ0) is 15.5. The first kappa shape index (κ1) is 14.7. The molecule has 4 nitrogen and oxygen atoms in total. The molecule has 1 heterocycles. The number of imide groups is 1. The summed E-state index contributed by atoms with van der Waals surface area (Å²) in [6, 6.07) is 16.8. The number of likely N-dealkylation sites (tertiary alicyclic amines) is 1. The maximum Gasteiger partial charge on any atom is 0.242 e. The minimum atomic E-state index is -0.506. The summed E-state index contributed by atoms with van der Waals surface area (Å²) in [5.41, 5.74) is 0.879. The number of carbonyl (C=O) groups excluding carboxylic acids is 2. The van der Waals surface area contributed by atoms with Gasteiger partial charge >= 0.3 is 0 Å². The SMILES string of the molecule is O=C1C[C@@H](S)C(=O)N1Cc1ccc(Oc2ccccc2)cc1. The molecule has 2 amide bonds. The molecule has 2 aromatic rings. The Morgan fingerprint density at radius 3 is 2.23 bits per heavy atom. The lowest BCUT2D eigenvalue weighted by Crippen LogP contribution is -2.30. The molecular formula is C17H15NO3S. The standard InChI is InChI=1S/C17H15NO3S/c19-16-10-15(22)17(20)18(16)11-12-6-8-14(9-7-12)21-13-4-2-1-3-5-13/h1-9,15,22H,10-11H2/t15-/m1/s1. The number of hydrogen-bond donors (Lipinski definition) is 1. The fourth-order valence-corrected chi connectivity index (χ4v) is 2.60. The Bertz CT molecular complexity index is 685. The van der Waals surface area contributed by atoms with Crippen LogP contribution in [0.25, 0.3) is 0 Å². The third-order valence-electron chi connectivity index (χ3n) is 3.46. The van der Waals surface area contributed by atoms with E-state index >= 15 is 0 Å². The Balaban J connectivity index is 1.67. The van der Waals surface area contributed by atoms with Gasteiger partial charge < -0.3 is 4.74 Å². The molecule has 0 aromatic heterocycles. The maximum atomic E-state index is 11.8. The first-order valence-electron chi connectivity index (χ1n) is 6.97. The van der Waals surface area contributed by atoms with Crippen LogP contribution < -0.4 is 4.74 Å². The Labute approximate surface area is 134 Å². The van der Waals surface area contributed by atoms with Crippen LogP contribution in [0.15, 0.2) is 54.6 Å². The van der Waals surface area contributed by atoms with Gasteiger partial charge in [0.2, 0.25) is 11.8 Å². The third-order valence-corrected chi connectivity index (χ3v) is 3.87. The van der Waals surface area contributed by atoms with Crippen LogP contribution in [-0.2, 0) is 16.1 Å². The third kappa shape index (κ3) is 3.14. The molecule has 1 saturated heterocycles. The van der Waals surface area contributed by atoms with Gasteiger partial charge in [-0.2, -0.15) is 12.6 Å². The number of amides is 2. The molecule has 0 bridgehead atoms. The van der Waals surface area contributed by atoms with Crippen molar-refractivity contribution in [1.82, 2.24) is 4.90 Å². The predicted octanol–water partition coefficient (Wildman–Crippen LogP) is 3.04. The molecule has 0 radical (unpaired) electrons. The second-order valence-corrected chi connectivity index (χ2v) is 5.72. The molecule has 3 rings (SSSR count). The van der Waals surface area contributed by atoms with Gasteiger partial charge in [0.1, 0.15) is 11.5 Å². The first-order valence-corrected chi connectivity index (χ1v) is 7.49. The van der Waals surface area contributed by atoms with Crippen LogP contribution in [0.3, 0.4) is 0 Å². The molecule has 5 heteroatoms. The summed E-state index contributed by atoms with van der Waals surface area (Å²) in [5, 5.41) is -0.506. The van der Waals surface area contributed by atoms with Crippen molar-refractivity contribution in [2.45, 2.75) is 18.2 Å². The average molecular weight is 313 g/mol. The highest BCUT2D eigenvalue weighted by Gasteiger charge is 2.36. The van der Waals surface area contributed by atoms with Crippen LogP contribution in [0.2, 0.25) is 0 Å². The number of carbonyl (C=O) groups is 2. The fourth-order valence-electron chi connectivity index (χ4n) is 2.30. The lowest BCUT2D eigenvalue weighted by molar-refractivity contribution is -0.138. The molecule has 1 fully saturated rings. The zero-order valence-corrected chi connectivity index (χ0v) is 12.7. The van der Waals surface area contributed by atoms with Gasteiger partial charge in [-0.1, -0.05) is 30.3 Å². The first-order chi connectivity index (χ1) is 10.6. The van der Waals surface area contributed by atoms with Gasteiger partial charge in [0.25, 0.3) is 0 Å². The summed E-state index contributed by atoms with van der Waals surface area (Å²) >= 11 is 4.11. The highest BCUT2D eigenvalue weighted by molar-refractivity contribution is 7.81. The topological polar surface area (TPSA) is 46.6 Å². The minimum Gasteiger partial charge on any atom is -0.457 e. The van der Waals surface area contributed by atoms with E-state index in [1.165, 1.54) is 4.90 Å². The number of thiol groups is 1. The molecule has 0 N–H and O–H groups in total. The molecule has 0 spiro atoms. The summed E-state index contributed by atoms with van der Waals surface area (Å²) in [6.45, 7) is 0.278. The van der Waals surface area contributed by atoms with E-state index in [0.29, 0.717) is 5.75 Å². The molecule has 22 heavy (non-hydrogen) atoms. The van der Waals surface area contributed by atoms with Gasteiger partial charge in [-0.15, -0.1) is 0 Å². The Kier molecular flexibility index (Phi) is 4.15. The summed E-state index contributed by atoms with van der Waals surface area (Å²) in [5.74, 6) is 1.08. The van der Waals surface area contributed by atoms with Gasteiger partial charge in [-0.25, -0.2) is 0 Å². The van der Waals surface area contributed by atoms with Crippen molar-refractivity contribution in [2.75, 3.05) is 0 Å². The summed E-state index contributed by atoms with van der Waals surface area (Å²) in [7, 11) is 0. The quantitative estimate of drug-likeness (QED) is 0.697. The molecule has 2 aromatic carbocycles. The fraction of sp³-hybridized carbons (Fsp3) is 0.176. The van der Waals surface area contributed by atoms with Crippen LogP contribution in [0.5, 0.6) is 11.5 Å². The molecule has 0 saturated carbocycles. The normalized spacial score (nSPS) is 17.9. The maximum absolute atomic E-state index is 11.8. The van der Waals surface area contributed by atoms with E-state index in [-0.39, 0.29) is 24.8 Å². The van der Waals surface area contributed by atoms with E-state index in [4.69, 9.17) is 4.74 Å². The molecular weight excluding hydrogens is 298 g/mol. The smallest absolute Gasteiger partial charge is 0.242 e. The van der Waals surface area contributed by atoms with Gasteiger partial charge in [0, 0.05) is 6.42 Å². The van der Waals surface area contributed by atoms with Crippen molar-refractivity contribution >= 4 is 24.4 Å². The molecule has 1 aliphatic heterocycles. The number of para-hydroxylation sites is 1. The van der Waals surface area contributed by atoms with E-state index in [0.717, 1.165) is 11.3 Å². The van der Waals surface area contributed by atoms with Crippen molar-refractivity contribution in [3.8, 4) is 11.5 Å². The molecule has 1 aliphatic rings. The van der Waals surface area contributed by atoms with E-state index in [1.54, 1.807) is 0 Å². The number of rotatable bonds is 4. The van der Waals surface area contributed by atoms with Crippen LogP contribution in [0.1, 0.15) is 12.0 Å². The number of hydrogen-bond acceptors (Lipinski definition) is 4. The van der Waals surface area contributed by atoms with Crippen LogP contribution in [-0.4, -0.2) is 22.0 Å². The van der Waals surface area contributed by atoms with Crippen LogP contribution >= 0.6 is 12.6 Å². The van der Waals surface area contributed by atoms with Crippen molar-refractivity contribution < 1.29 is 14.3 Å². The lowest BCUT2D eigenvalue weighted by atomic mass is 10.2. The Morgan fingerprint density at radius 1 is 1.00 bits per heavy atom. The second-order valence-electron chi connectivity index (χ2n) is 5.10. The molecule has 0 unspecified atom stereocenters. The predicted molar refractivity (Wildman–Crippen MR) is 85.9 cm³/mol. The van der Waals surface area contributed by atoms with E-state index in [9.17, 15) is 9.59 Å². The monoisotopic (exact) mass is 313 g/mol. The highest BCUT2D eigenvalue weighted by Crippen LogP contribution is 2.23. The van der Waals surface area contributed by atoms with Crippen LogP contribution in [0.4, 0.5) is 0 Å². The van der Waals surface area contributed by atoms with Crippen molar-refractivity contribution in [3.63, 3.8) is 0 Å². The summed E-state index contributed by atoms with van der Waals surface area (Å²) < 4.78 is 5.70. The van der Waals surface area contributed by atoms with Gasteiger partial charge in [0.05, 0.1) is 11.8 Å². The van der Waals surface area contributed by atoms with E-state index in [1.807, 2.05) is 54.6 Å². The second kappa shape index (κ2) is 6.23. The van der Waals surface area contributed by atoms with Gasteiger partial charge in [-0.3, -0.25) is 14.5 Å². The number of nitrogens with zero attached hydrogens (tertiary/aromatic N) is 1. The molecule has 112 valence electrons. The van der Waals surface area contributed by atoms with E-state index < -0.39 is 5.25 Å². The zero-order valence-electron chi connectivity index (χ0n) is 11.8. The summed E-state index contributed by atoms with van der Waals surface area (Å²) in [6.07, 6.45) is 0.178. The number of ether oxygens (including phenoxy) is 1. The van der Waals surface area contributed by atoms with Crippen LogP contribution in [0, 0.1) is 0 Å². The van der Waals surface area contributed by atoms with Gasteiger partial charge in [-0.05, 0) is 29.8 Å². The highest BCUT2D eigenvalue weighted by atomic mass is 32.1. The largest absolute Gasteiger partial charge is 0.457 e. The minimum absolute atomic E-state index is 0.172. The average Bonchev–Trinajstić information content (AvgIpc) is 2.77. The van der Waals surface area contributed by atoms with Crippen molar-refractivity contribution in [2.24, 2.45) is 0 Å². The Hall–Kier alpha value is -2.27. The van der Waals surface area contributed by atoms with Crippen molar-refractivity contribution in [3.05, 3.63) is 60.2 Å². The summed E-state index contributed by atoms with van der Waals surface area (Å²) in [4.78, 5) is 24.8. The van der Waals surface area contributed by atoms with Crippen molar-refractivity contribution in [1.29, 1.82) is 0 Å². The lowest BCUT2D eigenvalue weighted by Gasteiger charge is -2.14. The molecule has 1 atom stereocenters. The Morgan fingerprint density at radius 2 is 1.64 bits per heavy atom. The number of benzene rings is 2.